The lowest BCUT2D eigenvalue weighted by molar-refractivity contribution is 0.0911. The molecule has 1 aromatic heterocycles. The highest BCUT2D eigenvalue weighted by Crippen LogP contribution is 2.30. The number of benzene rings is 1. The van der Waals surface area contributed by atoms with E-state index < -0.39 is 0 Å². The Labute approximate surface area is 215 Å². The van der Waals surface area contributed by atoms with E-state index in [1.165, 1.54) is 58.3 Å². The fraction of sp³-hybridized carbons (Fsp3) is 0.607. The highest BCUT2D eigenvalue weighted by Gasteiger charge is 2.29. The molecule has 3 aliphatic rings. The van der Waals surface area contributed by atoms with Crippen LogP contribution in [0.1, 0.15) is 55.1 Å². The molecule has 2 aliphatic heterocycles. The number of halogens is 1. The van der Waals surface area contributed by atoms with Gasteiger partial charge < -0.3 is 20.1 Å². The van der Waals surface area contributed by atoms with Crippen LogP contribution in [0.15, 0.2) is 36.5 Å². The predicted molar refractivity (Wildman–Crippen MR) is 143 cm³/mol. The van der Waals surface area contributed by atoms with E-state index in [9.17, 15) is 4.79 Å². The topological polar surface area (TPSA) is 52.5 Å². The number of fused-ring (bicyclic) bond motifs is 1. The monoisotopic (exact) mass is 497 g/mol. The van der Waals surface area contributed by atoms with Crippen LogP contribution < -0.4 is 10.6 Å². The number of aromatic nitrogens is 1. The van der Waals surface area contributed by atoms with Gasteiger partial charge >= 0.3 is 0 Å². The van der Waals surface area contributed by atoms with Crippen LogP contribution in [0, 0.1) is 5.92 Å². The molecular weight excluding hydrogens is 458 g/mol. The zero-order valence-electron chi connectivity index (χ0n) is 21.0. The van der Waals surface area contributed by atoms with Crippen molar-refractivity contribution in [2.45, 2.75) is 50.6 Å². The summed E-state index contributed by atoms with van der Waals surface area (Å²) >= 11 is 6.22. The fourth-order valence-corrected chi connectivity index (χ4v) is 6.28. The highest BCUT2D eigenvalue weighted by molar-refractivity contribution is 6.30. The molecule has 1 aromatic carbocycles. The molecule has 5 rings (SSSR count). The summed E-state index contributed by atoms with van der Waals surface area (Å²) in [6.45, 7) is 7.51. The van der Waals surface area contributed by atoms with Crippen molar-refractivity contribution < 1.29 is 4.79 Å². The summed E-state index contributed by atoms with van der Waals surface area (Å²) in [5.74, 6) is 0.795. The second-order valence-corrected chi connectivity index (χ2v) is 11.2. The Balaban J connectivity index is 1.24. The predicted octanol–water partition coefficient (Wildman–Crippen LogP) is 4.27. The first kappa shape index (κ1) is 24.8. The van der Waals surface area contributed by atoms with Gasteiger partial charge in [-0.2, -0.15) is 0 Å². The maximum Gasteiger partial charge on any atom is 0.268 e. The van der Waals surface area contributed by atoms with Crippen molar-refractivity contribution in [3.05, 3.63) is 47.2 Å². The molecule has 0 radical (unpaired) electrons. The number of carbonyl (C=O) groups is 1. The maximum atomic E-state index is 12.6. The zero-order chi connectivity index (χ0) is 24.2. The minimum absolute atomic E-state index is 0.0117. The summed E-state index contributed by atoms with van der Waals surface area (Å²) in [5, 5.41) is 7.81. The van der Waals surface area contributed by atoms with Gasteiger partial charge in [-0.25, -0.2) is 0 Å². The fourth-order valence-electron chi connectivity index (χ4n) is 6.09. The summed E-state index contributed by atoms with van der Waals surface area (Å²) in [5.41, 5.74) is 2.85. The second-order valence-electron chi connectivity index (χ2n) is 10.7. The molecule has 2 fully saturated rings. The van der Waals surface area contributed by atoms with Gasteiger partial charge in [-0.1, -0.05) is 43.0 Å². The molecule has 6 nitrogen and oxygen atoms in total. The van der Waals surface area contributed by atoms with Gasteiger partial charge in [0.15, 0.2) is 0 Å². The van der Waals surface area contributed by atoms with Crippen molar-refractivity contribution in [1.82, 2.24) is 25.0 Å². The van der Waals surface area contributed by atoms with Crippen molar-refractivity contribution >= 4 is 17.5 Å². The molecule has 1 saturated carbocycles. The van der Waals surface area contributed by atoms with Crippen LogP contribution in [0.2, 0.25) is 5.02 Å². The average molecular weight is 498 g/mol. The SMILES string of the molecule is CN1CCN(CC(NCC[C@@H]2CNC(=O)c3cc(-c4cccc(Cl)c4)cn32)C2CCCCC2)CC1. The molecule has 1 aliphatic carbocycles. The molecule has 2 atom stereocenters. The molecular formula is C28H40ClN5O. The largest absolute Gasteiger partial charge is 0.349 e. The summed E-state index contributed by atoms with van der Waals surface area (Å²) in [4.78, 5) is 17.7. The molecule has 1 unspecified atom stereocenters. The zero-order valence-corrected chi connectivity index (χ0v) is 21.8. The Morgan fingerprint density at radius 2 is 1.89 bits per heavy atom. The Bertz CT molecular complexity index is 993. The number of nitrogens with zero attached hydrogens (tertiary/aromatic N) is 3. The third-order valence-corrected chi connectivity index (χ3v) is 8.52. The molecule has 2 aromatic rings. The maximum absolute atomic E-state index is 12.6. The first-order chi connectivity index (χ1) is 17.1. The number of carbonyl (C=O) groups excluding carboxylic acids is 1. The third kappa shape index (κ3) is 6.11. The van der Waals surface area contributed by atoms with E-state index in [-0.39, 0.29) is 11.9 Å². The van der Waals surface area contributed by atoms with Crippen molar-refractivity contribution in [1.29, 1.82) is 0 Å². The molecule has 0 bridgehead atoms. The van der Waals surface area contributed by atoms with Crippen LogP contribution in [0.25, 0.3) is 11.1 Å². The Morgan fingerprint density at radius 3 is 2.66 bits per heavy atom. The number of nitrogens with one attached hydrogen (secondary N) is 2. The van der Waals surface area contributed by atoms with Gasteiger partial charge in [0, 0.05) is 62.1 Å². The van der Waals surface area contributed by atoms with Crippen molar-refractivity contribution in [3.63, 3.8) is 0 Å². The average Bonchev–Trinajstić information content (AvgIpc) is 3.33. The van der Waals surface area contributed by atoms with E-state index in [2.05, 4.69) is 44.3 Å². The molecule has 0 spiro atoms. The first-order valence-corrected chi connectivity index (χ1v) is 13.8. The van der Waals surface area contributed by atoms with Gasteiger partial charge in [0.25, 0.3) is 5.91 Å². The highest BCUT2D eigenvalue weighted by atomic mass is 35.5. The summed E-state index contributed by atoms with van der Waals surface area (Å²) in [6, 6.07) is 10.7. The van der Waals surface area contributed by atoms with E-state index in [1.807, 2.05) is 24.3 Å². The molecule has 7 heteroatoms. The molecule has 3 heterocycles. The van der Waals surface area contributed by atoms with Gasteiger partial charge in [0.1, 0.15) is 5.69 Å². The van der Waals surface area contributed by atoms with E-state index >= 15 is 0 Å². The molecule has 35 heavy (non-hydrogen) atoms. The molecule has 190 valence electrons. The van der Waals surface area contributed by atoms with Crippen LogP contribution in [0.5, 0.6) is 0 Å². The van der Waals surface area contributed by atoms with Crippen molar-refractivity contribution in [3.8, 4) is 11.1 Å². The number of hydrogen-bond acceptors (Lipinski definition) is 4. The van der Waals surface area contributed by atoms with Crippen molar-refractivity contribution in [2.75, 3.05) is 52.9 Å². The number of hydrogen-bond donors (Lipinski definition) is 2. The van der Waals surface area contributed by atoms with E-state index in [0.29, 0.717) is 17.6 Å². The van der Waals surface area contributed by atoms with Gasteiger partial charge in [-0.05, 0) is 62.5 Å². The van der Waals surface area contributed by atoms with Gasteiger partial charge in [-0.15, -0.1) is 0 Å². The Hall–Kier alpha value is -1.86. The van der Waals surface area contributed by atoms with Crippen LogP contribution >= 0.6 is 11.6 Å². The van der Waals surface area contributed by atoms with E-state index in [4.69, 9.17) is 11.6 Å². The van der Waals surface area contributed by atoms with Crippen LogP contribution in [0.3, 0.4) is 0 Å². The van der Waals surface area contributed by atoms with Gasteiger partial charge in [-0.3, -0.25) is 9.69 Å². The van der Waals surface area contributed by atoms with Crippen LogP contribution in [0.4, 0.5) is 0 Å². The summed E-state index contributed by atoms with van der Waals surface area (Å²) < 4.78 is 2.19. The summed E-state index contributed by atoms with van der Waals surface area (Å²) in [7, 11) is 2.23. The molecule has 1 amide bonds. The standard InChI is InChI=1S/C28H40ClN5O/c1-32-12-14-33(15-13-32)20-26(21-6-3-2-4-7-21)30-11-10-25-18-31-28(35)27-17-23(19-34(25)27)22-8-5-9-24(29)16-22/h5,8-9,16-17,19,21,25-26,30H,2-4,6-7,10-15,18,20H2,1H3,(H,31,35)/t25-,26?/m1/s1. The second kappa shape index (κ2) is 11.5. The lowest BCUT2D eigenvalue weighted by Gasteiger charge is -2.38. The quantitative estimate of drug-likeness (QED) is 0.572. The third-order valence-electron chi connectivity index (χ3n) is 8.28. The van der Waals surface area contributed by atoms with Crippen LogP contribution in [-0.4, -0.2) is 79.2 Å². The first-order valence-electron chi connectivity index (χ1n) is 13.5. The number of likely N-dealkylation sites (N-methyl/N-ethyl adjacent to an activating group) is 1. The minimum Gasteiger partial charge on any atom is -0.349 e. The van der Waals surface area contributed by atoms with Crippen LogP contribution in [-0.2, 0) is 0 Å². The summed E-state index contributed by atoms with van der Waals surface area (Å²) in [6.07, 6.45) is 9.99. The van der Waals surface area contributed by atoms with Gasteiger partial charge in [0.05, 0.1) is 6.04 Å². The Kier molecular flexibility index (Phi) is 8.13. The Morgan fingerprint density at radius 1 is 1.09 bits per heavy atom. The normalized spacial score (nSPS) is 23.1. The molecule has 1 saturated heterocycles. The lowest BCUT2D eigenvalue weighted by atomic mass is 9.83. The van der Waals surface area contributed by atoms with Gasteiger partial charge in [0.2, 0.25) is 0 Å². The number of rotatable bonds is 8. The molecule has 2 N–H and O–H groups in total. The van der Waals surface area contributed by atoms with E-state index in [0.717, 1.165) is 42.2 Å². The van der Waals surface area contributed by atoms with E-state index in [1.54, 1.807) is 0 Å². The lowest BCUT2D eigenvalue weighted by Crippen LogP contribution is -2.52. The number of amides is 1. The number of piperazine rings is 1. The minimum atomic E-state index is 0.0117. The smallest absolute Gasteiger partial charge is 0.268 e. The van der Waals surface area contributed by atoms with Crippen molar-refractivity contribution in [2.24, 2.45) is 5.92 Å².